The predicted molar refractivity (Wildman–Crippen MR) is 75.5 cm³/mol. The maximum absolute atomic E-state index is 11.5. The van der Waals surface area contributed by atoms with Crippen molar-refractivity contribution in [2.75, 3.05) is 33.5 Å². The van der Waals surface area contributed by atoms with E-state index >= 15 is 0 Å². The van der Waals surface area contributed by atoms with Crippen molar-refractivity contribution in [2.45, 2.75) is 19.4 Å². The van der Waals surface area contributed by atoms with E-state index in [9.17, 15) is 4.79 Å². The number of hydrogen-bond acceptors (Lipinski definition) is 5. The molecule has 0 aliphatic rings. The van der Waals surface area contributed by atoms with Gasteiger partial charge in [0.05, 0.1) is 18.4 Å². The molecule has 1 aromatic carbocycles. The minimum absolute atomic E-state index is 0.131. The van der Waals surface area contributed by atoms with Crippen molar-refractivity contribution in [3.8, 4) is 5.75 Å². The normalized spacial score (nSPS) is 11.5. The number of nitrogens with two attached hydrogens (primary N) is 1. The molecule has 5 heteroatoms. The summed E-state index contributed by atoms with van der Waals surface area (Å²) in [4.78, 5) is 13.6. The third-order valence-corrected chi connectivity index (χ3v) is 3.26. The Kier molecular flexibility index (Phi) is 4.78. The average molecular weight is 266 g/mol. The zero-order valence-electron chi connectivity index (χ0n) is 12.2. The molecule has 1 rings (SSSR count). The number of benzene rings is 1. The minimum atomic E-state index is -0.463. The molecule has 0 spiro atoms. The molecule has 19 heavy (non-hydrogen) atoms. The van der Waals surface area contributed by atoms with Crippen LogP contribution in [0.3, 0.4) is 0 Å². The lowest BCUT2D eigenvalue weighted by molar-refractivity contribution is 0.0601. The number of nitrogens with zero attached hydrogens (tertiary/aromatic N) is 1. The highest BCUT2D eigenvalue weighted by Crippen LogP contribution is 2.27. The molecule has 0 heterocycles. The summed E-state index contributed by atoms with van der Waals surface area (Å²) in [5.74, 6) is 0.0349. The van der Waals surface area contributed by atoms with Crippen molar-refractivity contribution < 1.29 is 14.3 Å². The van der Waals surface area contributed by atoms with Crippen molar-refractivity contribution in [3.63, 3.8) is 0 Å². The van der Waals surface area contributed by atoms with Gasteiger partial charge in [0.25, 0.3) is 0 Å². The number of nitrogen functional groups attached to an aromatic ring is 1. The monoisotopic (exact) mass is 266 g/mol. The van der Waals surface area contributed by atoms with Crippen molar-refractivity contribution in [2.24, 2.45) is 0 Å². The van der Waals surface area contributed by atoms with Gasteiger partial charge >= 0.3 is 5.97 Å². The first kappa shape index (κ1) is 15.3. The Bertz CT molecular complexity index is 456. The Morgan fingerprint density at radius 3 is 2.53 bits per heavy atom. The summed E-state index contributed by atoms with van der Waals surface area (Å²) < 4.78 is 10.4. The van der Waals surface area contributed by atoms with Gasteiger partial charge in [0.2, 0.25) is 0 Å². The van der Waals surface area contributed by atoms with E-state index in [0.29, 0.717) is 23.6 Å². The van der Waals surface area contributed by atoms with Crippen LogP contribution in [0.5, 0.6) is 5.75 Å². The van der Waals surface area contributed by atoms with Crippen molar-refractivity contribution >= 4 is 11.7 Å². The maximum atomic E-state index is 11.5. The van der Waals surface area contributed by atoms with Gasteiger partial charge in [-0.3, -0.25) is 0 Å². The molecule has 0 fully saturated rings. The summed E-state index contributed by atoms with van der Waals surface area (Å²) in [6.45, 7) is 4.59. The topological polar surface area (TPSA) is 64.8 Å². The van der Waals surface area contributed by atoms with E-state index in [2.05, 4.69) is 23.5 Å². The number of ether oxygens (including phenoxy) is 2. The second-order valence-electron chi connectivity index (χ2n) is 5.20. The Hall–Kier alpha value is -1.75. The van der Waals surface area contributed by atoms with Crippen LogP contribution in [-0.4, -0.2) is 44.2 Å². The molecule has 0 atom stereocenters. The first-order valence-corrected chi connectivity index (χ1v) is 6.06. The van der Waals surface area contributed by atoms with Crippen molar-refractivity contribution in [3.05, 3.63) is 23.8 Å². The molecule has 0 saturated heterocycles. The van der Waals surface area contributed by atoms with E-state index < -0.39 is 5.97 Å². The van der Waals surface area contributed by atoms with E-state index in [1.165, 1.54) is 7.11 Å². The van der Waals surface area contributed by atoms with Crippen LogP contribution in [0.15, 0.2) is 18.2 Å². The van der Waals surface area contributed by atoms with Crippen LogP contribution in [0.2, 0.25) is 0 Å². The largest absolute Gasteiger partial charge is 0.489 e. The minimum Gasteiger partial charge on any atom is -0.489 e. The van der Waals surface area contributed by atoms with Crippen LogP contribution < -0.4 is 10.5 Å². The first-order valence-electron chi connectivity index (χ1n) is 6.06. The zero-order chi connectivity index (χ0) is 14.6. The molecule has 0 aliphatic carbocycles. The molecular formula is C14H22N2O3. The highest BCUT2D eigenvalue weighted by atomic mass is 16.5. The van der Waals surface area contributed by atoms with E-state index in [1.807, 2.05) is 14.1 Å². The maximum Gasteiger partial charge on any atom is 0.340 e. The Morgan fingerprint density at radius 1 is 1.37 bits per heavy atom. The van der Waals surface area contributed by atoms with E-state index in [1.54, 1.807) is 18.2 Å². The van der Waals surface area contributed by atoms with E-state index in [4.69, 9.17) is 10.5 Å². The molecule has 0 bridgehead atoms. The van der Waals surface area contributed by atoms with Crippen molar-refractivity contribution in [1.29, 1.82) is 0 Å². The third-order valence-electron chi connectivity index (χ3n) is 3.26. The Labute approximate surface area is 114 Å². The molecule has 0 aliphatic heterocycles. The number of likely N-dealkylation sites (N-methyl/N-ethyl adjacent to an activating group) is 1. The number of carbonyl (C=O) groups excluding carboxylic acids is 1. The van der Waals surface area contributed by atoms with Gasteiger partial charge in [-0.1, -0.05) is 6.07 Å². The van der Waals surface area contributed by atoms with Gasteiger partial charge in [-0.2, -0.15) is 0 Å². The molecule has 0 aromatic heterocycles. The SMILES string of the molecule is COC(=O)c1cccc(OCC(C)(C)N(C)C)c1N. The molecule has 5 nitrogen and oxygen atoms in total. The molecule has 1 aromatic rings. The standard InChI is InChI=1S/C14H22N2O3/c1-14(2,16(3)4)9-19-11-8-6-7-10(12(11)15)13(17)18-5/h6-8H,9,15H2,1-5H3. The number of methoxy groups -OCH3 is 1. The van der Waals surface area contributed by atoms with Crippen LogP contribution >= 0.6 is 0 Å². The van der Waals surface area contributed by atoms with Gasteiger partial charge in [-0.25, -0.2) is 4.79 Å². The molecule has 0 saturated carbocycles. The quantitative estimate of drug-likeness (QED) is 0.650. The highest BCUT2D eigenvalue weighted by molar-refractivity contribution is 5.96. The lowest BCUT2D eigenvalue weighted by Crippen LogP contribution is -2.43. The lowest BCUT2D eigenvalue weighted by atomic mass is 10.1. The smallest absolute Gasteiger partial charge is 0.340 e. The second-order valence-corrected chi connectivity index (χ2v) is 5.20. The molecule has 0 radical (unpaired) electrons. The molecular weight excluding hydrogens is 244 g/mol. The molecule has 0 unspecified atom stereocenters. The fourth-order valence-electron chi connectivity index (χ4n) is 1.34. The van der Waals surface area contributed by atoms with Gasteiger partial charge in [0.15, 0.2) is 0 Å². The van der Waals surface area contributed by atoms with Gasteiger partial charge in [-0.15, -0.1) is 0 Å². The number of rotatable bonds is 5. The summed E-state index contributed by atoms with van der Waals surface area (Å²) in [5, 5.41) is 0. The van der Waals surface area contributed by atoms with Gasteiger partial charge in [0.1, 0.15) is 12.4 Å². The number of para-hydroxylation sites is 1. The van der Waals surface area contributed by atoms with Crippen LogP contribution in [0.25, 0.3) is 0 Å². The molecule has 106 valence electrons. The third kappa shape index (κ3) is 3.61. The average Bonchev–Trinajstić information content (AvgIpc) is 2.36. The van der Waals surface area contributed by atoms with E-state index in [0.717, 1.165) is 0 Å². The number of anilines is 1. The Morgan fingerprint density at radius 2 is 2.00 bits per heavy atom. The van der Waals surface area contributed by atoms with Crippen LogP contribution in [0, 0.1) is 0 Å². The van der Waals surface area contributed by atoms with Crippen LogP contribution in [-0.2, 0) is 4.74 Å². The summed E-state index contributed by atoms with van der Waals surface area (Å²) in [5.41, 5.74) is 6.43. The number of hydrogen-bond donors (Lipinski definition) is 1. The first-order chi connectivity index (χ1) is 8.79. The fourth-order valence-corrected chi connectivity index (χ4v) is 1.34. The van der Waals surface area contributed by atoms with Gasteiger partial charge < -0.3 is 20.1 Å². The highest BCUT2D eigenvalue weighted by Gasteiger charge is 2.22. The number of esters is 1. The number of carbonyl (C=O) groups is 1. The molecule has 0 amide bonds. The van der Waals surface area contributed by atoms with E-state index in [-0.39, 0.29) is 5.54 Å². The van der Waals surface area contributed by atoms with Gasteiger partial charge in [-0.05, 0) is 40.1 Å². The lowest BCUT2D eigenvalue weighted by Gasteiger charge is -2.32. The molecule has 2 N–H and O–H groups in total. The van der Waals surface area contributed by atoms with Crippen LogP contribution in [0.1, 0.15) is 24.2 Å². The van der Waals surface area contributed by atoms with Gasteiger partial charge in [0, 0.05) is 5.54 Å². The summed E-state index contributed by atoms with van der Waals surface area (Å²) in [6.07, 6.45) is 0. The summed E-state index contributed by atoms with van der Waals surface area (Å²) >= 11 is 0. The van der Waals surface area contributed by atoms with Crippen molar-refractivity contribution in [1.82, 2.24) is 4.90 Å². The Balaban J connectivity index is 2.89. The van der Waals surface area contributed by atoms with Crippen LogP contribution in [0.4, 0.5) is 5.69 Å². The zero-order valence-corrected chi connectivity index (χ0v) is 12.2. The second kappa shape index (κ2) is 5.93. The summed E-state index contributed by atoms with van der Waals surface area (Å²) in [6, 6.07) is 5.08. The fraction of sp³-hybridized carbons (Fsp3) is 0.500. The summed E-state index contributed by atoms with van der Waals surface area (Å²) in [7, 11) is 5.29. The predicted octanol–water partition coefficient (Wildman–Crippen LogP) is 1.77.